The van der Waals surface area contributed by atoms with E-state index in [0.717, 1.165) is 30.8 Å². The minimum atomic E-state index is 0.304. The van der Waals surface area contributed by atoms with E-state index in [4.69, 9.17) is 0 Å². The van der Waals surface area contributed by atoms with E-state index < -0.39 is 0 Å². The summed E-state index contributed by atoms with van der Waals surface area (Å²) in [5, 5.41) is 25.5. The highest BCUT2D eigenvalue weighted by Gasteiger charge is 2.32. The van der Waals surface area contributed by atoms with E-state index in [1.807, 2.05) is 31.8 Å². The molecule has 7 heteroatoms. The largest absolute Gasteiger partial charge is 0.367 e. The lowest BCUT2D eigenvalue weighted by atomic mass is 9.87. The summed E-state index contributed by atoms with van der Waals surface area (Å²) in [7, 11) is 4.16. The van der Waals surface area contributed by atoms with Crippen LogP contribution in [0.3, 0.4) is 0 Å². The van der Waals surface area contributed by atoms with Crippen LogP contribution in [0.1, 0.15) is 41.4 Å². The van der Waals surface area contributed by atoms with Gasteiger partial charge in [0.05, 0.1) is 17.4 Å². The quantitative estimate of drug-likeness (QED) is 0.919. The molecule has 25 heavy (non-hydrogen) atoms. The Labute approximate surface area is 148 Å². The average Bonchev–Trinajstić information content (AvgIpc) is 3.01. The smallest absolute Gasteiger partial charge is 0.166 e. The highest BCUT2D eigenvalue weighted by Crippen LogP contribution is 2.35. The molecule has 0 bridgehead atoms. The third-order valence-corrected chi connectivity index (χ3v) is 5.27. The van der Waals surface area contributed by atoms with E-state index in [0.29, 0.717) is 23.3 Å². The maximum Gasteiger partial charge on any atom is 0.166 e. The number of rotatable bonds is 4. The first-order chi connectivity index (χ1) is 12.0. The van der Waals surface area contributed by atoms with Gasteiger partial charge in [0.2, 0.25) is 0 Å². The van der Waals surface area contributed by atoms with Crippen LogP contribution in [0.2, 0.25) is 0 Å². The number of nitrogens with one attached hydrogen (secondary N) is 1. The van der Waals surface area contributed by atoms with E-state index in [9.17, 15) is 5.26 Å². The molecule has 0 saturated carbocycles. The zero-order valence-corrected chi connectivity index (χ0v) is 15.3. The van der Waals surface area contributed by atoms with E-state index in [-0.39, 0.29) is 0 Å². The van der Waals surface area contributed by atoms with Gasteiger partial charge in [0.25, 0.3) is 0 Å². The molecule has 3 heterocycles. The number of hydrogen-bond donors (Lipinski definition) is 1. The number of anilines is 1. The number of likely N-dealkylation sites (tertiary alicyclic amines) is 1. The highest BCUT2D eigenvalue weighted by atomic mass is 15.3. The molecule has 2 atom stereocenters. The fraction of sp³-hybridized carbons (Fsp3) is 0.556. The average molecular weight is 339 g/mol. The van der Waals surface area contributed by atoms with Gasteiger partial charge in [-0.25, -0.2) is 0 Å². The van der Waals surface area contributed by atoms with Gasteiger partial charge in [0.15, 0.2) is 5.82 Å². The molecular formula is C18H25N7. The molecule has 0 spiro atoms. The lowest BCUT2D eigenvalue weighted by Crippen LogP contribution is -2.40. The van der Waals surface area contributed by atoms with Crippen molar-refractivity contribution in [3.05, 3.63) is 34.8 Å². The van der Waals surface area contributed by atoms with Gasteiger partial charge in [-0.2, -0.15) is 15.5 Å². The van der Waals surface area contributed by atoms with Crippen LogP contribution in [0, 0.1) is 31.1 Å². The SMILES string of the molecule is Cc1nnc(NC[C@@H]2CCCN(C)[C@H]2c2ccnn2C)c(C#N)c1C. The second-order valence-electron chi connectivity index (χ2n) is 6.83. The van der Waals surface area contributed by atoms with Crippen LogP contribution in [0.25, 0.3) is 0 Å². The van der Waals surface area contributed by atoms with Crippen LogP contribution in [0.5, 0.6) is 0 Å². The van der Waals surface area contributed by atoms with Gasteiger partial charge in [-0.3, -0.25) is 9.58 Å². The normalized spacial score (nSPS) is 21.1. The van der Waals surface area contributed by atoms with Crippen molar-refractivity contribution in [3.8, 4) is 6.07 Å². The minimum Gasteiger partial charge on any atom is -0.367 e. The highest BCUT2D eigenvalue weighted by molar-refractivity contribution is 5.55. The van der Waals surface area contributed by atoms with Gasteiger partial charge in [0.1, 0.15) is 11.6 Å². The fourth-order valence-corrected chi connectivity index (χ4v) is 3.71. The number of aryl methyl sites for hydroxylation is 2. The second-order valence-corrected chi connectivity index (χ2v) is 6.83. The molecule has 0 aliphatic carbocycles. The van der Waals surface area contributed by atoms with Gasteiger partial charge >= 0.3 is 0 Å². The maximum atomic E-state index is 9.46. The summed E-state index contributed by atoms with van der Waals surface area (Å²) in [6.07, 6.45) is 4.15. The first kappa shape index (κ1) is 17.4. The lowest BCUT2D eigenvalue weighted by Gasteiger charge is -2.39. The molecule has 0 radical (unpaired) electrons. The number of hydrogen-bond acceptors (Lipinski definition) is 6. The van der Waals surface area contributed by atoms with E-state index in [1.54, 1.807) is 0 Å². The molecule has 0 unspecified atom stereocenters. The first-order valence-electron chi connectivity index (χ1n) is 8.69. The first-order valence-corrected chi connectivity index (χ1v) is 8.69. The standard InChI is InChI=1S/C18H25N7/c1-12-13(2)22-23-18(15(12)10-19)20-11-14-6-5-9-24(3)17(14)16-7-8-21-25(16)4/h7-8,14,17H,5-6,9,11H2,1-4H3,(H,20,23)/t14-,17+/m0/s1. The molecule has 2 aromatic heterocycles. The molecule has 1 fully saturated rings. The predicted molar refractivity (Wildman–Crippen MR) is 96.0 cm³/mol. The topological polar surface area (TPSA) is 82.7 Å². The summed E-state index contributed by atoms with van der Waals surface area (Å²) < 4.78 is 1.95. The van der Waals surface area contributed by atoms with Crippen molar-refractivity contribution in [3.63, 3.8) is 0 Å². The third kappa shape index (κ3) is 3.35. The van der Waals surface area contributed by atoms with Gasteiger partial charge in [-0.05, 0) is 57.8 Å². The molecule has 1 N–H and O–H groups in total. The zero-order chi connectivity index (χ0) is 18.0. The number of nitrogens with zero attached hydrogens (tertiary/aromatic N) is 6. The Balaban J connectivity index is 1.81. The summed E-state index contributed by atoms with van der Waals surface area (Å²) >= 11 is 0. The van der Waals surface area contributed by atoms with Gasteiger partial charge < -0.3 is 5.32 Å². The number of piperidine rings is 1. The molecule has 1 aliphatic heterocycles. The van der Waals surface area contributed by atoms with Crippen molar-refractivity contribution in [2.45, 2.75) is 32.7 Å². The number of nitriles is 1. The van der Waals surface area contributed by atoms with Gasteiger partial charge in [-0.1, -0.05) is 0 Å². The fourth-order valence-electron chi connectivity index (χ4n) is 3.71. The third-order valence-electron chi connectivity index (χ3n) is 5.27. The summed E-state index contributed by atoms with van der Waals surface area (Å²) in [6, 6.07) is 4.66. The number of aromatic nitrogens is 4. The van der Waals surface area contributed by atoms with Crippen LogP contribution in [0.4, 0.5) is 5.82 Å². The Hall–Kier alpha value is -2.46. The van der Waals surface area contributed by atoms with Crippen molar-refractivity contribution < 1.29 is 0 Å². The monoisotopic (exact) mass is 339 g/mol. The second kappa shape index (κ2) is 7.19. The Kier molecular flexibility index (Phi) is 5.00. The lowest BCUT2D eigenvalue weighted by molar-refractivity contribution is 0.121. The zero-order valence-electron chi connectivity index (χ0n) is 15.3. The van der Waals surface area contributed by atoms with Gasteiger partial charge in [0, 0.05) is 19.8 Å². The molecular weight excluding hydrogens is 314 g/mol. The van der Waals surface area contributed by atoms with E-state index in [2.05, 4.69) is 44.7 Å². The van der Waals surface area contributed by atoms with Crippen LogP contribution in [-0.2, 0) is 7.05 Å². The molecule has 0 aromatic carbocycles. The molecule has 7 nitrogen and oxygen atoms in total. The van der Waals surface area contributed by atoms with Crippen molar-refractivity contribution in [1.29, 1.82) is 5.26 Å². The molecule has 1 aliphatic rings. The Morgan fingerprint density at radius 1 is 1.32 bits per heavy atom. The molecule has 2 aromatic rings. The summed E-state index contributed by atoms with van der Waals surface area (Å²) in [4.78, 5) is 2.39. The maximum absolute atomic E-state index is 9.46. The van der Waals surface area contributed by atoms with E-state index in [1.165, 1.54) is 12.1 Å². The van der Waals surface area contributed by atoms with E-state index >= 15 is 0 Å². The molecule has 0 amide bonds. The van der Waals surface area contributed by atoms with Crippen molar-refractivity contribution in [2.75, 3.05) is 25.5 Å². The van der Waals surface area contributed by atoms with Crippen molar-refractivity contribution >= 4 is 5.82 Å². The summed E-state index contributed by atoms with van der Waals surface area (Å²) in [5.41, 5.74) is 3.51. The van der Waals surface area contributed by atoms with Gasteiger partial charge in [-0.15, -0.1) is 5.10 Å². The van der Waals surface area contributed by atoms with Crippen LogP contribution < -0.4 is 5.32 Å². The van der Waals surface area contributed by atoms with Crippen LogP contribution in [0.15, 0.2) is 12.3 Å². The predicted octanol–water partition coefficient (Wildman–Crippen LogP) is 2.19. The van der Waals surface area contributed by atoms with Crippen molar-refractivity contribution in [2.24, 2.45) is 13.0 Å². The molecule has 1 saturated heterocycles. The molecule has 3 rings (SSSR count). The Bertz CT molecular complexity index is 789. The summed E-state index contributed by atoms with van der Waals surface area (Å²) in [6.45, 7) is 5.63. The Morgan fingerprint density at radius 3 is 2.80 bits per heavy atom. The summed E-state index contributed by atoms with van der Waals surface area (Å²) in [5.74, 6) is 1.01. The minimum absolute atomic E-state index is 0.304. The molecule has 132 valence electrons. The van der Waals surface area contributed by atoms with Crippen LogP contribution in [-0.4, -0.2) is 45.0 Å². The van der Waals surface area contributed by atoms with Crippen molar-refractivity contribution in [1.82, 2.24) is 24.9 Å². The van der Waals surface area contributed by atoms with Crippen LogP contribution >= 0.6 is 0 Å². The Morgan fingerprint density at radius 2 is 2.12 bits per heavy atom.